The molecule has 1 aliphatic rings. The van der Waals surface area contributed by atoms with Crippen LogP contribution in [0.15, 0.2) is 48.6 Å². The Morgan fingerprint density at radius 2 is 2.07 bits per heavy atom. The summed E-state index contributed by atoms with van der Waals surface area (Å²) in [4.78, 5) is 0. The molecule has 0 heterocycles. The van der Waals surface area contributed by atoms with Crippen LogP contribution in [-0.2, 0) is 13.0 Å². The molecule has 0 fully saturated rings. The molecule has 0 bridgehead atoms. The minimum absolute atomic E-state index is 0.633. The molecular formula is C14H17N. The molecule has 0 aliphatic heterocycles. The predicted octanol–water partition coefficient (Wildman–Crippen LogP) is 2.82. The monoisotopic (exact) mass is 199 g/mol. The van der Waals surface area contributed by atoms with Crippen LogP contribution in [0.1, 0.15) is 17.5 Å². The van der Waals surface area contributed by atoms with E-state index in [0.717, 1.165) is 12.8 Å². The van der Waals surface area contributed by atoms with Crippen LogP contribution >= 0.6 is 0 Å². The highest BCUT2D eigenvalue weighted by molar-refractivity contribution is 5.25. The van der Waals surface area contributed by atoms with Gasteiger partial charge < -0.3 is 5.73 Å². The third kappa shape index (κ3) is 2.80. The van der Waals surface area contributed by atoms with Crippen LogP contribution in [-0.4, -0.2) is 0 Å². The molecule has 0 saturated heterocycles. The molecular weight excluding hydrogens is 182 g/mol. The lowest BCUT2D eigenvalue weighted by atomic mass is 9.92. The summed E-state index contributed by atoms with van der Waals surface area (Å²) in [5, 5.41) is 0. The maximum Gasteiger partial charge on any atom is 0.0178 e. The molecule has 0 aromatic heterocycles. The van der Waals surface area contributed by atoms with Gasteiger partial charge in [0.15, 0.2) is 0 Å². The Labute approximate surface area is 91.3 Å². The van der Waals surface area contributed by atoms with E-state index in [9.17, 15) is 0 Å². The summed E-state index contributed by atoms with van der Waals surface area (Å²) >= 11 is 0. The van der Waals surface area contributed by atoms with Crippen molar-refractivity contribution in [3.05, 3.63) is 59.7 Å². The van der Waals surface area contributed by atoms with E-state index < -0.39 is 0 Å². The summed E-state index contributed by atoms with van der Waals surface area (Å²) < 4.78 is 0. The molecule has 2 rings (SSSR count). The van der Waals surface area contributed by atoms with Gasteiger partial charge in [-0.25, -0.2) is 0 Å². The van der Waals surface area contributed by atoms with Gasteiger partial charge in [-0.05, 0) is 29.9 Å². The van der Waals surface area contributed by atoms with E-state index in [-0.39, 0.29) is 0 Å². The summed E-state index contributed by atoms with van der Waals surface area (Å²) in [6, 6.07) is 8.58. The molecule has 15 heavy (non-hydrogen) atoms. The van der Waals surface area contributed by atoms with Crippen LogP contribution in [0.25, 0.3) is 0 Å². The van der Waals surface area contributed by atoms with Crippen molar-refractivity contribution in [2.75, 3.05) is 0 Å². The highest BCUT2D eigenvalue weighted by Crippen LogP contribution is 2.18. The summed E-state index contributed by atoms with van der Waals surface area (Å²) in [5.74, 6) is 0.656. The number of allylic oxidation sites excluding steroid dienone is 4. The summed E-state index contributed by atoms with van der Waals surface area (Å²) in [5.41, 5.74) is 8.24. The quantitative estimate of drug-likeness (QED) is 0.796. The minimum atomic E-state index is 0.633. The van der Waals surface area contributed by atoms with Crippen LogP contribution in [0.5, 0.6) is 0 Å². The number of benzene rings is 1. The van der Waals surface area contributed by atoms with Crippen molar-refractivity contribution < 1.29 is 0 Å². The molecule has 1 aromatic rings. The molecule has 78 valence electrons. The van der Waals surface area contributed by atoms with Gasteiger partial charge in [-0.3, -0.25) is 0 Å². The first-order valence-corrected chi connectivity index (χ1v) is 5.49. The average Bonchev–Trinajstić information content (AvgIpc) is 2.31. The first kappa shape index (κ1) is 10.2. The van der Waals surface area contributed by atoms with Gasteiger partial charge in [0.25, 0.3) is 0 Å². The van der Waals surface area contributed by atoms with Crippen LogP contribution in [0.4, 0.5) is 0 Å². The Kier molecular flexibility index (Phi) is 3.36. The summed E-state index contributed by atoms with van der Waals surface area (Å²) in [6.07, 6.45) is 11.1. The molecule has 2 N–H and O–H groups in total. The van der Waals surface area contributed by atoms with Crippen LogP contribution < -0.4 is 5.73 Å². The van der Waals surface area contributed by atoms with Crippen LogP contribution in [0, 0.1) is 5.92 Å². The van der Waals surface area contributed by atoms with Crippen molar-refractivity contribution in [1.82, 2.24) is 0 Å². The Balaban J connectivity index is 2.03. The van der Waals surface area contributed by atoms with Crippen LogP contribution in [0.2, 0.25) is 0 Å². The molecule has 0 radical (unpaired) electrons. The van der Waals surface area contributed by atoms with Crippen molar-refractivity contribution in [3.8, 4) is 0 Å². The van der Waals surface area contributed by atoms with Gasteiger partial charge in [0.05, 0.1) is 0 Å². The van der Waals surface area contributed by atoms with E-state index in [1.807, 2.05) is 0 Å². The van der Waals surface area contributed by atoms with Gasteiger partial charge in [0.2, 0.25) is 0 Å². The molecule has 0 spiro atoms. The van der Waals surface area contributed by atoms with Gasteiger partial charge in [0, 0.05) is 6.54 Å². The Morgan fingerprint density at radius 3 is 2.80 bits per heavy atom. The fourth-order valence-electron chi connectivity index (χ4n) is 1.97. The van der Waals surface area contributed by atoms with E-state index in [4.69, 9.17) is 5.73 Å². The largest absolute Gasteiger partial charge is 0.326 e. The third-order valence-electron chi connectivity index (χ3n) is 2.79. The van der Waals surface area contributed by atoms with Gasteiger partial charge in [-0.1, -0.05) is 48.6 Å². The maximum atomic E-state index is 5.63. The van der Waals surface area contributed by atoms with Gasteiger partial charge >= 0.3 is 0 Å². The van der Waals surface area contributed by atoms with Gasteiger partial charge in [0.1, 0.15) is 0 Å². The first-order chi connectivity index (χ1) is 7.38. The molecule has 1 unspecified atom stereocenters. The Hall–Kier alpha value is -1.34. The molecule has 1 nitrogen and oxygen atoms in total. The van der Waals surface area contributed by atoms with Crippen molar-refractivity contribution in [2.24, 2.45) is 11.7 Å². The van der Waals surface area contributed by atoms with Crippen LogP contribution in [0.3, 0.4) is 0 Å². The zero-order chi connectivity index (χ0) is 10.5. The number of hydrogen-bond donors (Lipinski definition) is 1. The predicted molar refractivity (Wildman–Crippen MR) is 64.4 cm³/mol. The van der Waals surface area contributed by atoms with Crippen molar-refractivity contribution in [2.45, 2.75) is 19.4 Å². The minimum Gasteiger partial charge on any atom is -0.326 e. The average molecular weight is 199 g/mol. The zero-order valence-electron chi connectivity index (χ0n) is 8.89. The standard InChI is InChI=1S/C14H17N/c15-11-14-8-4-7-13(10-14)9-12-5-2-1-3-6-12/h1-5,7-8,10,12H,6,9,11,15H2. The van der Waals surface area contributed by atoms with Gasteiger partial charge in [-0.15, -0.1) is 0 Å². The maximum absolute atomic E-state index is 5.63. The van der Waals surface area contributed by atoms with Gasteiger partial charge in [-0.2, -0.15) is 0 Å². The Bertz CT molecular complexity index is 377. The second kappa shape index (κ2) is 4.94. The molecule has 1 atom stereocenters. The highest BCUT2D eigenvalue weighted by Gasteiger charge is 2.06. The topological polar surface area (TPSA) is 26.0 Å². The van der Waals surface area contributed by atoms with E-state index in [2.05, 4.69) is 48.6 Å². The third-order valence-corrected chi connectivity index (χ3v) is 2.79. The van der Waals surface area contributed by atoms with Crippen molar-refractivity contribution >= 4 is 0 Å². The second-order valence-electron chi connectivity index (χ2n) is 4.04. The second-order valence-corrected chi connectivity index (χ2v) is 4.04. The fraction of sp³-hybridized carbons (Fsp3) is 0.286. The normalized spacial score (nSPS) is 19.4. The lowest BCUT2D eigenvalue weighted by Gasteiger charge is -2.13. The van der Waals surface area contributed by atoms with Crippen molar-refractivity contribution in [1.29, 1.82) is 0 Å². The first-order valence-electron chi connectivity index (χ1n) is 5.49. The molecule has 0 saturated carbocycles. The smallest absolute Gasteiger partial charge is 0.0178 e. The molecule has 1 aromatic carbocycles. The number of nitrogens with two attached hydrogens (primary N) is 1. The number of hydrogen-bond acceptors (Lipinski definition) is 1. The lowest BCUT2D eigenvalue weighted by molar-refractivity contribution is 0.652. The molecule has 1 heteroatoms. The van der Waals surface area contributed by atoms with E-state index in [1.165, 1.54) is 11.1 Å². The van der Waals surface area contributed by atoms with E-state index >= 15 is 0 Å². The molecule has 1 aliphatic carbocycles. The number of rotatable bonds is 3. The lowest BCUT2D eigenvalue weighted by Crippen LogP contribution is -2.03. The highest BCUT2D eigenvalue weighted by atomic mass is 14.5. The Morgan fingerprint density at radius 1 is 1.20 bits per heavy atom. The van der Waals surface area contributed by atoms with Crippen molar-refractivity contribution in [3.63, 3.8) is 0 Å². The zero-order valence-corrected chi connectivity index (χ0v) is 8.89. The summed E-state index contributed by atoms with van der Waals surface area (Å²) in [7, 11) is 0. The molecule has 0 amide bonds. The van der Waals surface area contributed by atoms with E-state index in [1.54, 1.807) is 0 Å². The van der Waals surface area contributed by atoms with E-state index in [0.29, 0.717) is 12.5 Å². The SMILES string of the molecule is NCc1cccc(CC2C=CC=CC2)c1. The summed E-state index contributed by atoms with van der Waals surface area (Å²) in [6.45, 7) is 0.633. The fourth-order valence-corrected chi connectivity index (χ4v) is 1.97.